The van der Waals surface area contributed by atoms with Crippen LogP contribution in [0.5, 0.6) is 0 Å². The summed E-state index contributed by atoms with van der Waals surface area (Å²) in [5.74, 6) is 0. The molecule has 0 bridgehead atoms. The predicted octanol–water partition coefficient (Wildman–Crippen LogP) is 3.50. The summed E-state index contributed by atoms with van der Waals surface area (Å²) in [6.45, 7) is 8.14. The zero-order valence-electron chi connectivity index (χ0n) is 15.8. The SMILES string of the molecule is CC1(C)OB(c2ccc3c(c2)cc2oc4ccccc4c(=O)n23)OC1(C)C. The quantitative estimate of drug-likeness (QED) is 0.487. The molecule has 0 unspecified atom stereocenters. The van der Waals surface area contributed by atoms with E-state index in [1.165, 1.54) is 0 Å². The van der Waals surface area contributed by atoms with E-state index in [9.17, 15) is 4.79 Å². The van der Waals surface area contributed by atoms with Gasteiger partial charge in [0, 0.05) is 11.5 Å². The van der Waals surface area contributed by atoms with Gasteiger partial charge in [-0.15, -0.1) is 0 Å². The molecule has 3 heterocycles. The third-order valence-corrected chi connectivity index (χ3v) is 5.85. The predicted molar refractivity (Wildman–Crippen MR) is 107 cm³/mol. The van der Waals surface area contributed by atoms with Crippen molar-refractivity contribution in [1.29, 1.82) is 0 Å². The van der Waals surface area contributed by atoms with Crippen LogP contribution in [0.2, 0.25) is 0 Å². The zero-order valence-corrected chi connectivity index (χ0v) is 15.8. The maximum absolute atomic E-state index is 12.9. The maximum atomic E-state index is 12.9. The Morgan fingerprint density at radius 1 is 0.926 bits per heavy atom. The first-order chi connectivity index (χ1) is 12.8. The lowest BCUT2D eigenvalue weighted by Crippen LogP contribution is -2.41. The van der Waals surface area contributed by atoms with E-state index >= 15 is 0 Å². The molecule has 1 aliphatic heterocycles. The molecule has 5 nitrogen and oxygen atoms in total. The Kier molecular flexibility index (Phi) is 3.22. The minimum Gasteiger partial charge on any atom is -0.440 e. The van der Waals surface area contributed by atoms with Crippen LogP contribution in [-0.2, 0) is 9.31 Å². The third-order valence-electron chi connectivity index (χ3n) is 5.85. The van der Waals surface area contributed by atoms with Crippen molar-refractivity contribution in [3.8, 4) is 0 Å². The maximum Gasteiger partial charge on any atom is 0.494 e. The van der Waals surface area contributed by atoms with E-state index in [1.54, 1.807) is 10.5 Å². The van der Waals surface area contributed by atoms with Crippen molar-refractivity contribution in [3.63, 3.8) is 0 Å². The molecule has 2 aromatic heterocycles. The molecule has 0 saturated carbocycles. The van der Waals surface area contributed by atoms with Gasteiger partial charge < -0.3 is 13.7 Å². The van der Waals surface area contributed by atoms with E-state index in [4.69, 9.17) is 13.7 Å². The number of benzene rings is 2. The molecule has 0 atom stereocenters. The van der Waals surface area contributed by atoms with Crippen LogP contribution in [0, 0.1) is 0 Å². The highest BCUT2D eigenvalue weighted by molar-refractivity contribution is 6.62. The molecular formula is C21H20BNO4. The number of para-hydroxylation sites is 1. The average molecular weight is 361 g/mol. The number of hydrogen-bond donors (Lipinski definition) is 0. The van der Waals surface area contributed by atoms with Crippen LogP contribution in [-0.4, -0.2) is 22.7 Å². The molecule has 0 amide bonds. The molecule has 0 spiro atoms. The van der Waals surface area contributed by atoms with Gasteiger partial charge in [0.2, 0.25) is 5.71 Å². The second-order valence-corrected chi connectivity index (χ2v) is 8.13. The fourth-order valence-corrected chi connectivity index (χ4v) is 3.58. The van der Waals surface area contributed by atoms with Gasteiger partial charge in [0.05, 0.1) is 22.1 Å². The van der Waals surface area contributed by atoms with Crippen molar-refractivity contribution in [3.05, 3.63) is 58.9 Å². The standard InChI is InChI=1S/C21H20BNO4/c1-20(2)21(3,4)27-22(26-20)14-9-10-16-13(11-14)12-18-23(16)19(24)15-7-5-6-8-17(15)25-18/h5-12H,1-4H3. The minimum absolute atomic E-state index is 0.0785. The van der Waals surface area contributed by atoms with Gasteiger partial charge in [-0.2, -0.15) is 0 Å². The Morgan fingerprint density at radius 3 is 2.37 bits per heavy atom. The molecule has 0 N–H and O–H groups in total. The number of rotatable bonds is 1. The molecule has 2 aromatic carbocycles. The van der Waals surface area contributed by atoms with E-state index in [0.717, 1.165) is 16.4 Å². The first-order valence-electron chi connectivity index (χ1n) is 9.09. The van der Waals surface area contributed by atoms with Crippen molar-refractivity contribution >= 4 is 40.2 Å². The summed E-state index contributed by atoms with van der Waals surface area (Å²) in [5, 5.41) is 1.48. The highest BCUT2D eigenvalue weighted by Gasteiger charge is 2.51. The van der Waals surface area contributed by atoms with Crippen LogP contribution in [0.3, 0.4) is 0 Å². The molecule has 0 radical (unpaired) electrons. The van der Waals surface area contributed by atoms with Crippen molar-refractivity contribution in [2.45, 2.75) is 38.9 Å². The number of hydrogen-bond acceptors (Lipinski definition) is 4. The zero-order chi connectivity index (χ0) is 19.0. The van der Waals surface area contributed by atoms with Crippen LogP contribution in [0.15, 0.2) is 57.7 Å². The lowest BCUT2D eigenvalue weighted by Gasteiger charge is -2.32. The fraction of sp³-hybridized carbons (Fsp3) is 0.286. The summed E-state index contributed by atoms with van der Waals surface area (Å²) >= 11 is 0. The Hall–Kier alpha value is -2.57. The summed E-state index contributed by atoms with van der Waals surface area (Å²) in [4.78, 5) is 12.9. The summed E-state index contributed by atoms with van der Waals surface area (Å²) in [7, 11) is -0.440. The molecule has 1 saturated heterocycles. The van der Waals surface area contributed by atoms with E-state index in [-0.39, 0.29) is 5.56 Å². The molecule has 136 valence electrons. The lowest BCUT2D eigenvalue weighted by molar-refractivity contribution is 0.00578. The minimum atomic E-state index is -0.440. The molecule has 1 aliphatic rings. The van der Waals surface area contributed by atoms with Gasteiger partial charge in [-0.05, 0) is 51.4 Å². The second kappa shape index (κ2) is 5.24. The first-order valence-corrected chi connectivity index (χ1v) is 9.09. The highest BCUT2D eigenvalue weighted by atomic mass is 16.7. The molecule has 0 aliphatic carbocycles. The normalized spacial score (nSPS) is 18.7. The fourth-order valence-electron chi connectivity index (χ4n) is 3.58. The number of aromatic nitrogens is 1. The average Bonchev–Trinajstić information content (AvgIpc) is 3.08. The van der Waals surface area contributed by atoms with Crippen molar-refractivity contribution in [2.24, 2.45) is 0 Å². The Morgan fingerprint density at radius 2 is 1.63 bits per heavy atom. The van der Waals surface area contributed by atoms with E-state index in [2.05, 4.69) is 0 Å². The highest BCUT2D eigenvalue weighted by Crippen LogP contribution is 2.36. The third kappa shape index (κ3) is 2.30. The van der Waals surface area contributed by atoms with Crippen molar-refractivity contribution < 1.29 is 13.7 Å². The van der Waals surface area contributed by atoms with Gasteiger partial charge in [-0.3, -0.25) is 4.79 Å². The molecule has 1 fully saturated rings. The molecular weight excluding hydrogens is 341 g/mol. The monoisotopic (exact) mass is 361 g/mol. The van der Waals surface area contributed by atoms with Crippen molar-refractivity contribution in [2.75, 3.05) is 0 Å². The van der Waals surface area contributed by atoms with Gasteiger partial charge in [-0.25, -0.2) is 4.40 Å². The summed E-state index contributed by atoms with van der Waals surface area (Å²) in [6.07, 6.45) is 0. The summed E-state index contributed by atoms with van der Waals surface area (Å²) < 4.78 is 19.9. The van der Waals surface area contributed by atoms with Gasteiger partial charge >= 0.3 is 7.12 Å². The molecule has 27 heavy (non-hydrogen) atoms. The van der Waals surface area contributed by atoms with Gasteiger partial charge in [0.25, 0.3) is 5.56 Å². The van der Waals surface area contributed by atoms with E-state index in [0.29, 0.717) is 16.7 Å². The van der Waals surface area contributed by atoms with Crippen LogP contribution >= 0.6 is 0 Å². The first kappa shape index (κ1) is 16.6. The number of fused-ring (bicyclic) bond motifs is 4. The number of nitrogens with zero attached hydrogens (tertiary/aromatic N) is 1. The van der Waals surface area contributed by atoms with Crippen LogP contribution in [0.4, 0.5) is 0 Å². The van der Waals surface area contributed by atoms with E-state index < -0.39 is 18.3 Å². The van der Waals surface area contributed by atoms with E-state index in [1.807, 2.05) is 70.2 Å². The van der Waals surface area contributed by atoms with Gasteiger partial charge in [-0.1, -0.05) is 24.3 Å². The van der Waals surface area contributed by atoms with Gasteiger partial charge in [0.15, 0.2) is 0 Å². The van der Waals surface area contributed by atoms with Crippen LogP contribution < -0.4 is 11.0 Å². The second-order valence-electron chi connectivity index (χ2n) is 8.13. The van der Waals surface area contributed by atoms with Crippen LogP contribution in [0.25, 0.3) is 27.6 Å². The Labute approximate surface area is 156 Å². The Balaban J connectivity index is 1.69. The lowest BCUT2D eigenvalue weighted by atomic mass is 9.79. The van der Waals surface area contributed by atoms with Crippen molar-refractivity contribution in [1.82, 2.24) is 4.40 Å². The molecule has 6 heteroatoms. The molecule has 5 rings (SSSR count). The summed E-state index contributed by atoms with van der Waals surface area (Å²) in [5.41, 5.74) is 1.98. The molecule has 4 aromatic rings. The van der Waals surface area contributed by atoms with Gasteiger partial charge in [0.1, 0.15) is 5.58 Å². The Bertz CT molecular complexity index is 1250. The smallest absolute Gasteiger partial charge is 0.440 e. The topological polar surface area (TPSA) is 53.1 Å². The summed E-state index contributed by atoms with van der Waals surface area (Å²) in [6, 6.07) is 15.1. The largest absolute Gasteiger partial charge is 0.494 e. The van der Waals surface area contributed by atoms with Crippen LogP contribution in [0.1, 0.15) is 27.7 Å².